The summed E-state index contributed by atoms with van der Waals surface area (Å²) in [5.74, 6) is 0. The molecule has 14 heavy (non-hydrogen) atoms. The van der Waals surface area contributed by atoms with Crippen LogP contribution in [-0.2, 0) is 9.31 Å². The summed E-state index contributed by atoms with van der Waals surface area (Å²) in [7, 11) is -0.181. The van der Waals surface area contributed by atoms with Gasteiger partial charge in [-0.15, -0.1) is 0 Å². The molecule has 0 radical (unpaired) electrons. The first-order chi connectivity index (χ1) is 6.66. The van der Waals surface area contributed by atoms with Gasteiger partial charge in [0.15, 0.2) is 0 Å². The molecule has 1 heterocycles. The van der Waals surface area contributed by atoms with Gasteiger partial charge in [-0.05, 0) is 26.2 Å². The Morgan fingerprint density at radius 1 is 1.14 bits per heavy atom. The Hall–Kier alpha value is -0.795. The second kappa shape index (κ2) is 3.75. The third kappa shape index (κ3) is 1.84. The fourth-order valence-corrected chi connectivity index (χ4v) is 1.62. The Labute approximate surface area is 85.4 Å². The molecule has 0 unspecified atom stereocenters. The van der Waals surface area contributed by atoms with Crippen LogP contribution < -0.4 is 5.46 Å². The van der Waals surface area contributed by atoms with Crippen molar-refractivity contribution in [3.63, 3.8) is 0 Å². The van der Waals surface area contributed by atoms with Crippen LogP contribution in [0.2, 0.25) is 0 Å². The van der Waals surface area contributed by atoms with E-state index in [-0.39, 0.29) is 19.3 Å². The normalized spacial score (nSPS) is 26.9. The molecule has 1 aliphatic rings. The van der Waals surface area contributed by atoms with Gasteiger partial charge in [0.2, 0.25) is 0 Å². The molecule has 0 spiro atoms. The van der Waals surface area contributed by atoms with Gasteiger partial charge in [-0.1, -0.05) is 29.8 Å². The highest BCUT2D eigenvalue weighted by molar-refractivity contribution is 6.61. The van der Waals surface area contributed by atoms with Crippen molar-refractivity contribution in [3.05, 3.63) is 29.8 Å². The standard InChI is InChI=1S/C11H15BO2/c1-8-5-4-6-11(7-8)12-13-9(2)10(3)14-12/h4-7,9-10H,1-3H3/t9-,10-/m1/s1. The van der Waals surface area contributed by atoms with Crippen LogP contribution in [0, 0.1) is 6.92 Å². The molecule has 2 nitrogen and oxygen atoms in total. The predicted molar refractivity (Wildman–Crippen MR) is 57.7 cm³/mol. The van der Waals surface area contributed by atoms with Gasteiger partial charge >= 0.3 is 7.12 Å². The maximum Gasteiger partial charge on any atom is 0.494 e. The van der Waals surface area contributed by atoms with E-state index >= 15 is 0 Å². The van der Waals surface area contributed by atoms with Crippen molar-refractivity contribution >= 4 is 12.6 Å². The van der Waals surface area contributed by atoms with Crippen molar-refractivity contribution in [2.75, 3.05) is 0 Å². The van der Waals surface area contributed by atoms with E-state index in [9.17, 15) is 0 Å². The largest absolute Gasteiger partial charge is 0.494 e. The van der Waals surface area contributed by atoms with E-state index in [1.54, 1.807) is 0 Å². The number of aryl methyl sites for hydroxylation is 1. The van der Waals surface area contributed by atoms with Crippen molar-refractivity contribution in [3.8, 4) is 0 Å². The summed E-state index contributed by atoms with van der Waals surface area (Å²) in [5, 5.41) is 0. The number of hydrogen-bond acceptors (Lipinski definition) is 2. The van der Waals surface area contributed by atoms with Gasteiger partial charge in [-0.3, -0.25) is 0 Å². The monoisotopic (exact) mass is 190 g/mol. The van der Waals surface area contributed by atoms with Crippen LogP contribution in [0.5, 0.6) is 0 Å². The van der Waals surface area contributed by atoms with Gasteiger partial charge in [-0.25, -0.2) is 0 Å². The van der Waals surface area contributed by atoms with Crippen LogP contribution in [0.4, 0.5) is 0 Å². The summed E-state index contributed by atoms with van der Waals surface area (Å²) in [4.78, 5) is 0. The zero-order valence-corrected chi connectivity index (χ0v) is 8.86. The minimum absolute atomic E-state index is 0.181. The zero-order chi connectivity index (χ0) is 10.1. The second-order valence-electron chi connectivity index (χ2n) is 3.93. The molecule has 0 aromatic heterocycles. The highest BCUT2D eigenvalue weighted by Crippen LogP contribution is 2.15. The molecule has 0 bridgehead atoms. The SMILES string of the molecule is Cc1cccc(B2O[C@H](C)[C@@H](C)O2)c1. The van der Waals surface area contributed by atoms with Crippen molar-refractivity contribution in [2.24, 2.45) is 0 Å². The molecular formula is C11H15BO2. The van der Waals surface area contributed by atoms with Crippen LogP contribution in [0.15, 0.2) is 24.3 Å². The Kier molecular flexibility index (Phi) is 2.61. The lowest BCUT2D eigenvalue weighted by Gasteiger charge is -2.05. The molecule has 74 valence electrons. The highest BCUT2D eigenvalue weighted by atomic mass is 16.7. The van der Waals surface area contributed by atoms with Gasteiger partial charge in [0.05, 0.1) is 12.2 Å². The van der Waals surface area contributed by atoms with Crippen LogP contribution >= 0.6 is 0 Å². The lowest BCUT2D eigenvalue weighted by atomic mass is 9.79. The first kappa shape index (κ1) is 9.75. The Bertz CT molecular complexity index is 317. The van der Waals surface area contributed by atoms with Gasteiger partial charge in [-0.2, -0.15) is 0 Å². The van der Waals surface area contributed by atoms with Crippen molar-refractivity contribution in [2.45, 2.75) is 33.0 Å². The Balaban J connectivity index is 2.17. The van der Waals surface area contributed by atoms with Crippen LogP contribution in [0.3, 0.4) is 0 Å². The van der Waals surface area contributed by atoms with Crippen LogP contribution in [0.1, 0.15) is 19.4 Å². The van der Waals surface area contributed by atoms with E-state index in [4.69, 9.17) is 9.31 Å². The summed E-state index contributed by atoms with van der Waals surface area (Å²) in [6.45, 7) is 6.16. The van der Waals surface area contributed by atoms with Crippen molar-refractivity contribution in [1.82, 2.24) is 0 Å². The zero-order valence-electron chi connectivity index (χ0n) is 8.86. The Morgan fingerprint density at radius 3 is 2.36 bits per heavy atom. The second-order valence-corrected chi connectivity index (χ2v) is 3.93. The fourth-order valence-electron chi connectivity index (χ4n) is 1.62. The van der Waals surface area contributed by atoms with Gasteiger partial charge in [0, 0.05) is 0 Å². The van der Waals surface area contributed by atoms with E-state index in [2.05, 4.69) is 19.1 Å². The first-order valence-electron chi connectivity index (χ1n) is 5.04. The molecule has 3 heteroatoms. The molecule has 0 aliphatic carbocycles. The van der Waals surface area contributed by atoms with E-state index in [1.165, 1.54) is 5.56 Å². The molecule has 1 aromatic rings. The van der Waals surface area contributed by atoms with Gasteiger partial charge < -0.3 is 9.31 Å². The Morgan fingerprint density at radius 2 is 1.79 bits per heavy atom. The first-order valence-corrected chi connectivity index (χ1v) is 5.04. The average Bonchev–Trinajstić information content (AvgIpc) is 2.47. The molecule has 0 N–H and O–H groups in total. The number of rotatable bonds is 1. The van der Waals surface area contributed by atoms with Gasteiger partial charge in [0.25, 0.3) is 0 Å². The molecule has 1 aliphatic heterocycles. The topological polar surface area (TPSA) is 18.5 Å². The maximum atomic E-state index is 5.69. The average molecular weight is 190 g/mol. The number of benzene rings is 1. The predicted octanol–water partition coefficient (Wildman–Crippen LogP) is 1.51. The summed E-state index contributed by atoms with van der Waals surface area (Å²) < 4.78 is 11.4. The molecule has 0 amide bonds. The molecule has 2 atom stereocenters. The smallest absolute Gasteiger partial charge is 0.402 e. The molecule has 1 saturated heterocycles. The van der Waals surface area contributed by atoms with E-state index in [0.717, 1.165) is 5.46 Å². The minimum atomic E-state index is -0.181. The summed E-state index contributed by atoms with van der Waals surface area (Å²) in [6.07, 6.45) is 0.362. The molecule has 1 aromatic carbocycles. The van der Waals surface area contributed by atoms with Crippen LogP contribution in [-0.4, -0.2) is 19.3 Å². The number of hydrogen-bond donors (Lipinski definition) is 0. The summed E-state index contributed by atoms with van der Waals surface area (Å²) in [6, 6.07) is 8.26. The van der Waals surface area contributed by atoms with Crippen molar-refractivity contribution in [1.29, 1.82) is 0 Å². The van der Waals surface area contributed by atoms with E-state index < -0.39 is 0 Å². The van der Waals surface area contributed by atoms with E-state index in [0.29, 0.717) is 0 Å². The highest BCUT2D eigenvalue weighted by Gasteiger charge is 2.35. The molecule has 1 fully saturated rings. The molecule has 0 saturated carbocycles. The van der Waals surface area contributed by atoms with Crippen molar-refractivity contribution < 1.29 is 9.31 Å². The summed E-state index contributed by atoms with van der Waals surface area (Å²) >= 11 is 0. The van der Waals surface area contributed by atoms with Crippen LogP contribution in [0.25, 0.3) is 0 Å². The lowest BCUT2D eigenvalue weighted by molar-refractivity contribution is 0.187. The van der Waals surface area contributed by atoms with E-state index in [1.807, 2.05) is 26.0 Å². The maximum absolute atomic E-state index is 5.69. The minimum Gasteiger partial charge on any atom is -0.402 e. The lowest BCUT2D eigenvalue weighted by Crippen LogP contribution is -2.32. The summed E-state index contributed by atoms with van der Waals surface area (Å²) in [5.41, 5.74) is 2.35. The third-order valence-corrected chi connectivity index (χ3v) is 2.65. The van der Waals surface area contributed by atoms with Gasteiger partial charge in [0.1, 0.15) is 0 Å². The molecular weight excluding hydrogens is 175 g/mol. The molecule has 2 rings (SSSR count). The fraction of sp³-hybridized carbons (Fsp3) is 0.455. The third-order valence-electron chi connectivity index (χ3n) is 2.65. The quantitative estimate of drug-likeness (QED) is 0.625.